The molecule has 0 amide bonds. The number of anilines is 1. The lowest BCUT2D eigenvalue weighted by atomic mass is 10.2. The van der Waals surface area contributed by atoms with E-state index in [-0.39, 0.29) is 13.2 Å². The summed E-state index contributed by atoms with van der Waals surface area (Å²) in [5.41, 5.74) is 0.837. The van der Waals surface area contributed by atoms with Crippen LogP contribution in [0.2, 0.25) is 5.02 Å². The monoisotopic (exact) mass is 304 g/mol. The lowest BCUT2D eigenvalue weighted by Gasteiger charge is -2.13. The van der Waals surface area contributed by atoms with Crippen molar-refractivity contribution in [2.45, 2.75) is 6.10 Å². The predicted octanol–water partition coefficient (Wildman–Crippen LogP) is 1.74. The van der Waals surface area contributed by atoms with Crippen molar-refractivity contribution in [3.63, 3.8) is 0 Å². The zero-order chi connectivity index (χ0) is 12.1. The lowest BCUT2D eigenvalue weighted by molar-refractivity contribution is 0.105. The average molecular weight is 306 g/mol. The number of hydrogen-bond donors (Lipinski definition) is 3. The van der Waals surface area contributed by atoms with Crippen LogP contribution in [0.4, 0.5) is 5.69 Å². The number of nitrogens with zero attached hydrogens (tertiary/aromatic N) is 1. The minimum Gasteiger partial charge on any atom is -0.394 e. The first-order valence-electron chi connectivity index (χ1n) is 4.50. The Morgan fingerprint density at radius 2 is 2.25 bits per heavy atom. The molecule has 1 aromatic carbocycles. The molecule has 1 rings (SSSR count). The Labute approximate surface area is 107 Å². The summed E-state index contributed by atoms with van der Waals surface area (Å²) in [7, 11) is 0. The second kappa shape index (κ2) is 6.06. The fraction of sp³-hybridized carbons (Fsp3) is 0.300. The fourth-order valence-corrected chi connectivity index (χ4v) is 2.00. The van der Waals surface area contributed by atoms with Crippen LogP contribution in [0.15, 0.2) is 16.6 Å². The van der Waals surface area contributed by atoms with Crippen LogP contribution < -0.4 is 5.32 Å². The smallest absolute Gasteiger partial charge is 0.101 e. The van der Waals surface area contributed by atoms with Crippen molar-refractivity contribution < 1.29 is 10.2 Å². The molecule has 16 heavy (non-hydrogen) atoms. The molecule has 0 bridgehead atoms. The third kappa shape index (κ3) is 3.35. The number of nitriles is 1. The minimum atomic E-state index is -0.883. The third-order valence-electron chi connectivity index (χ3n) is 1.90. The highest BCUT2D eigenvalue weighted by atomic mass is 79.9. The van der Waals surface area contributed by atoms with Crippen molar-refractivity contribution in [2.75, 3.05) is 18.5 Å². The summed E-state index contributed by atoms with van der Waals surface area (Å²) in [5.74, 6) is 0. The van der Waals surface area contributed by atoms with Gasteiger partial charge in [0, 0.05) is 11.0 Å². The number of nitrogens with one attached hydrogen (secondary N) is 1. The molecule has 0 fully saturated rings. The highest BCUT2D eigenvalue weighted by Gasteiger charge is 2.10. The number of aliphatic hydroxyl groups excluding tert-OH is 2. The van der Waals surface area contributed by atoms with Crippen molar-refractivity contribution >= 4 is 33.2 Å². The zero-order valence-corrected chi connectivity index (χ0v) is 10.6. The summed E-state index contributed by atoms with van der Waals surface area (Å²) in [5, 5.41) is 30.0. The first kappa shape index (κ1) is 13.3. The number of benzene rings is 1. The van der Waals surface area contributed by atoms with Crippen LogP contribution in [0, 0.1) is 11.3 Å². The normalized spacial score (nSPS) is 11.9. The summed E-state index contributed by atoms with van der Waals surface area (Å²) >= 11 is 9.18. The van der Waals surface area contributed by atoms with Gasteiger partial charge >= 0.3 is 0 Å². The van der Waals surface area contributed by atoms with E-state index in [0.717, 1.165) is 0 Å². The molecule has 0 radical (unpaired) electrons. The average Bonchev–Trinajstić information content (AvgIpc) is 2.26. The van der Waals surface area contributed by atoms with Crippen LogP contribution in [-0.4, -0.2) is 29.5 Å². The molecular weight excluding hydrogens is 295 g/mol. The predicted molar refractivity (Wildman–Crippen MR) is 65.4 cm³/mol. The van der Waals surface area contributed by atoms with E-state index < -0.39 is 6.10 Å². The molecule has 1 aromatic rings. The highest BCUT2D eigenvalue weighted by Crippen LogP contribution is 2.29. The molecule has 4 nitrogen and oxygen atoms in total. The van der Waals surface area contributed by atoms with Crippen LogP contribution >= 0.6 is 27.5 Å². The van der Waals surface area contributed by atoms with Gasteiger partial charge in [-0.15, -0.1) is 0 Å². The van der Waals surface area contributed by atoms with E-state index in [4.69, 9.17) is 22.0 Å². The molecule has 0 aliphatic heterocycles. The molecule has 3 N–H and O–H groups in total. The maximum atomic E-state index is 9.18. The van der Waals surface area contributed by atoms with Gasteiger partial charge in [0.2, 0.25) is 0 Å². The van der Waals surface area contributed by atoms with E-state index in [0.29, 0.717) is 20.7 Å². The molecule has 86 valence electrons. The van der Waals surface area contributed by atoms with E-state index in [1.807, 2.05) is 6.07 Å². The maximum absolute atomic E-state index is 9.18. The lowest BCUT2D eigenvalue weighted by Crippen LogP contribution is -2.23. The van der Waals surface area contributed by atoms with Gasteiger partial charge in [0.25, 0.3) is 0 Å². The van der Waals surface area contributed by atoms with Crippen LogP contribution in [0.5, 0.6) is 0 Å². The maximum Gasteiger partial charge on any atom is 0.101 e. The van der Waals surface area contributed by atoms with Gasteiger partial charge in [0.1, 0.15) is 6.07 Å². The molecule has 0 spiro atoms. The first-order chi connectivity index (χ1) is 7.58. The van der Waals surface area contributed by atoms with Crippen LogP contribution in [0.1, 0.15) is 5.56 Å². The summed E-state index contributed by atoms with van der Waals surface area (Å²) in [6, 6.07) is 5.27. The molecular formula is C10H10BrClN2O2. The molecule has 0 aliphatic carbocycles. The zero-order valence-electron chi connectivity index (χ0n) is 8.24. The largest absolute Gasteiger partial charge is 0.394 e. The number of rotatable bonds is 4. The Kier molecular flexibility index (Phi) is 5.03. The van der Waals surface area contributed by atoms with E-state index in [1.54, 1.807) is 12.1 Å². The van der Waals surface area contributed by atoms with Crippen molar-refractivity contribution in [1.29, 1.82) is 5.26 Å². The first-order valence-corrected chi connectivity index (χ1v) is 5.67. The minimum absolute atomic E-state index is 0.131. The van der Waals surface area contributed by atoms with Gasteiger partial charge in [-0.25, -0.2) is 0 Å². The Bertz CT molecular complexity index is 420. The van der Waals surface area contributed by atoms with Gasteiger partial charge in [-0.2, -0.15) is 5.26 Å². The fourth-order valence-electron chi connectivity index (χ4n) is 1.13. The quantitative estimate of drug-likeness (QED) is 0.792. The van der Waals surface area contributed by atoms with Gasteiger partial charge in [0.15, 0.2) is 0 Å². The van der Waals surface area contributed by atoms with Gasteiger partial charge in [0.05, 0.1) is 29.0 Å². The van der Waals surface area contributed by atoms with Crippen molar-refractivity contribution in [1.82, 2.24) is 0 Å². The molecule has 1 unspecified atom stereocenters. The second-order valence-corrected chi connectivity index (χ2v) is 4.46. The number of aliphatic hydroxyl groups is 2. The van der Waals surface area contributed by atoms with Crippen molar-refractivity contribution in [3.05, 3.63) is 27.2 Å². The van der Waals surface area contributed by atoms with Crippen molar-refractivity contribution in [2.24, 2.45) is 0 Å². The van der Waals surface area contributed by atoms with Gasteiger partial charge in [-0.3, -0.25) is 0 Å². The molecule has 0 aliphatic rings. The van der Waals surface area contributed by atoms with E-state index in [1.165, 1.54) is 0 Å². The summed E-state index contributed by atoms with van der Waals surface area (Å²) < 4.78 is 0.710. The SMILES string of the molecule is N#Cc1cc(Br)cc(Cl)c1NCC(O)CO. The van der Waals surface area contributed by atoms with Crippen LogP contribution in [-0.2, 0) is 0 Å². The Morgan fingerprint density at radius 1 is 1.56 bits per heavy atom. The Hall–Kier alpha value is -0.800. The van der Waals surface area contributed by atoms with E-state index >= 15 is 0 Å². The molecule has 0 saturated heterocycles. The number of hydrogen-bond acceptors (Lipinski definition) is 4. The third-order valence-corrected chi connectivity index (χ3v) is 2.66. The summed E-state index contributed by atoms with van der Waals surface area (Å²) in [6.07, 6.45) is -0.883. The Morgan fingerprint density at radius 3 is 2.81 bits per heavy atom. The van der Waals surface area contributed by atoms with Crippen LogP contribution in [0.3, 0.4) is 0 Å². The molecule has 1 atom stereocenters. The van der Waals surface area contributed by atoms with Crippen LogP contribution in [0.25, 0.3) is 0 Å². The highest BCUT2D eigenvalue weighted by molar-refractivity contribution is 9.10. The summed E-state index contributed by atoms with van der Waals surface area (Å²) in [4.78, 5) is 0. The Balaban J connectivity index is 2.91. The standard InChI is InChI=1S/C10H10BrClN2O2/c11-7-1-6(3-13)10(9(12)2-7)14-4-8(16)5-15/h1-2,8,14-16H,4-5H2. The summed E-state index contributed by atoms with van der Waals surface area (Å²) in [6.45, 7) is -0.213. The molecule has 6 heteroatoms. The van der Waals surface area contributed by atoms with E-state index in [2.05, 4.69) is 21.2 Å². The van der Waals surface area contributed by atoms with E-state index in [9.17, 15) is 5.11 Å². The molecule has 0 aromatic heterocycles. The second-order valence-electron chi connectivity index (χ2n) is 3.14. The number of halogens is 2. The topological polar surface area (TPSA) is 76.3 Å². The molecule has 0 saturated carbocycles. The van der Waals surface area contributed by atoms with Gasteiger partial charge in [-0.1, -0.05) is 27.5 Å². The van der Waals surface area contributed by atoms with Gasteiger partial charge in [-0.05, 0) is 12.1 Å². The van der Waals surface area contributed by atoms with Gasteiger partial charge < -0.3 is 15.5 Å². The molecule has 0 heterocycles. The van der Waals surface area contributed by atoms with Crippen molar-refractivity contribution in [3.8, 4) is 6.07 Å².